The van der Waals surface area contributed by atoms with Gasteiger partial charge < -0.3 is 14.9 Å². The monoisotopic (exact) mass is 456 g/mol. The lowest BCUT2D eigenvalue weighted by molar-refractivity contribution is 0.650. The van der Waals surface area contributed by atoms with Gasteiger partial charge in [0.1, 0.15) is 0 Å². The van der Waals surface area contributed by atoms with Gasteiger partial charge in [0.2, 0.25) is 5.95 Å². The standard InChI is InChI=1S/C26H28N6O2/c1-30-23-22(24(33)31(2)26(30)34)32(16-8-11-18-9-4-3-5-10-18)25(29-23)27-15-14-19-17-28-21-13-7-6-12-20(19)21/h3-7,9-10,12-13,17,28H,8,11,14-16H2,1-2H3,(H,27,29). The van der Waals surface area contributed by atoms with Crippen LogP contribution in [0.2, 0.25) is 0 Å². The summed E-state index contributed by atoms with van der Waals surface area (Å²) in [5.41, 5.74) is 3.74. The van der Waals surface area contributed by atoms with E-state index in [9.17, 15) is 9.59 Å². The van der Waals surface area contributed by atoms with Crippen molar-refractivity contribution >= 4 is 28.0 Å². The quantitative estimate of drug-likeness (QED) is 0.375. The van der Waals surface area contributed by atoms with E-state index in [-0.39, 0.29) is 11.2 Å². The van der Waals surface area contributed by atoms with Crippen molar-refractivity contribution in [1.82, 2.24) is 23.7 Å². The number of imidazole rings is 1. The number of nitrogens with one attached hydrogen (secondary N) is 2. The molecule has 0 saturated heterocycles. The zero-order chi connectivity index (χ0) is 23.7. The fourth-order valence-corrected chi connectivity index (χ4v) is 4.53. The Morgan fingerprint density at radius 2 is 1.71 bits per heavy atom. The van der Waals surface area contributed by atoms with Crippen LogP contribution in [0.4, 0.5) is 5.95 Å². The molecule has 2 aromatic carbocycles. The van der Waals surface area contributed by atoms with Crippen LogP contribution >= 0.6 is 0 Å². The van der Waals surface area contributed by atoms with E-state index in [1.54, 1.807) is 7.05 Å². The lowest BCUT2D eigenvalue weighted by Crippen LogP contribution is -2.37. The minimum absolute atomic E-state index is 0.324. The molecule has 0 bridgehead atoms. The molecule has 3 aromatic heterocycles. The minimum atomic E-state index is -0.378. The first-order valence-corrected chi connectivity index (χ1v) is 11.5. The third-order valence-corrected chi connectivity index (χ3v) is 6.39. The highest BCUT2D eigenvalue weighted by Crippen LogP contribution is 2.20. The Morgan fingerprint density at radius 1 is 0.941 bits per heavy atom. The minimum Gasteiger partial charge on any atom is -0.361 e. The number of H-pyrrole nitrogens is 1. The number of rotatable bonds is 8. The number of aryl methyl sites for hydroxylation is 3. The Balaban J connectivity index is 1.43. The van der Waals surface area contributed by atoms with Crippen LogP contribution in [0.3, 0.4) is 0 Å². The molecule has 0 unspecified atom stereocenters. The van der Waals surface area contributed by atoms with Crippen LogP contribution in [0.25, 0.3) is 22.1 Å². The maximum absolute atomic E-state index is 13.0. The summed E-state index contributed by atoms with van der Waals surface area (Å²) in [6.07, 6.45) is 4.57. The molecule has 8 nitrogen and oxygen atoms in total. The van der Waals surface area contributed by atoms with Gasteiger partial charge in [-0.05, 0) is 36.5 Å². The lowest BCUT2D eigenvalue weighted by atomic mass is 10.1. The fourth-order valence-electron chi connectivity index (χ4n) is 4.53. The molecule has 0 aliphatic carbocycles. The normalized spacial score (nSPS) is 11.5. The Hall–Kier alpha value is -4.07. The van der Waals surface area contributed by atoms with Gasteiger partial charge in [0.15, 0.2) is 11.2 Å². The smallest absolute Gasteiger partial charge is 0.332 e. The summed E-state index contributed by atoms with van der Waals surface area (Å²) < 4.78 is 4.51. The zero-order valence-electron chi connectivity index (χ0n) is 19.4. The number of fused-ring (bicyclic) bond motifs is 2. The fraction of sp³-hybridized carbons (Fsp3) is 0.269. The molecule has 0 saturated carbocycles. The molecular formula is C26H28N6O2. The number of aromatic amines is 1. The average molecular weight is 457 g/mol. The van der Waals surface area contributed by atoms with Gasteiger partial charge in [0, 0.05) is 44.3 Å². The van der Waals surface area contributed by atoms with Gasteiger partial charge in [0.05, 0.1) is 0 Å². The van der Waals surface area contributed by atoms with Crippen molar-refractivity contribution in [1.29, 1.82) is 0 Å². The summed E-state index contributed by atoms with van der Waals surface area (Å²) in [5.74, 6) is 0.612. The van der Waals surface area contributed by atoms with Crippen LogP contribution in [-0.4, -0.2) is 30.2 Å². The summed E-state index contributed by atoms with van der Waals surface area (Å²) >= 11 is 0. The molecule has 0 amide bonds. The Kier molecular flexibility index (Phi) is 5.79. The zero-order valence-corrected chi connectivity index (χ0v) is 19.4. The van der Waals surface area contributed by atoms with Crippen LogP contribution in [-0.2, 0) is 33.5 Å². The Morgan fingerprint density at radius 3 is 2.53 bits per heavy atom. The second-order valence-electron chi connectivity index (χ2n) is 8.59. The molecule has 0 aliphatic heterocycles. The SMILES string of the molecule is Cn1c(=O)c2c(nc(NCCc3c[nH]c4ccccc34)n2CCCc2ccccc2)n(C)c1=O. The first-order chi connectivity index (χ1) is 16.5. The lowest BCUT2D eigenvalue weighted by Gasteiger charge is -2.11. The van der Waals surface area contributed by atoms with Gasteiger partial charge in [-0.15, -0.1) is 0 Å². The molecule has 174 valence electrons. The average Bonchev–Trinajstić information content (AvgIpc) is 3.44. The summed E-state index contributed by atoms with van der Waals surface area (Å²) in [5, 5.41) is 4.63. The highest BCUT2D eigenvalue weighted by Gasteiger charge is 2.19. The predicted octanol–water partition coefficient (Wildman–Crippen LogP) is 3.20. The van der Waals surface area contributed by atoms with Crippen LogP contribution in [0, 0.1) is 0 Å². The molecule has 0 atom stereocenters. The van der Waals surface area contributed by atoms with Crippen LogP contribution in [0.5, 0.6) is 0 Å². The van der Waals surface area contributed by atoms with Gasteiger partial charge in [0.25, 0.3) is 5.56 Å². The van der Waals surface area contributed by atoms with E-state index in [0.29, 0.717) is 30.2 Å². The van der Waals surface area contributed by atoms with Crippen molar-refractivity contribution < 1.29 is 0 Å². The number of benzene rings is 2. The van der Waals surface area contributed by atoms with Crippen LogP contribution in [0.1, 0.15) is 17.5 Å². The third-order valence-electron chi connectivity index (χ3n) is 6.39. The molecule has 0 radical (unpaired) electrons. The summed E-state index contributed by atoms with van der Waals surface area (Å²) in [6, 6.07) is 18.5. The molecule has 8 heteroatoms. The molecule has 34 heavy (non-hydrogen) atoms. The number of nitrogens with zero attached hydrogens (tertiary/aromatic N) is 4. The van der Waals surface area contributed by atoms with Gasteiger partial charge in [-0.25, -0.2) is 4.79 Å². The number of anilines is 1. The summed E-state index contributed by atoms with van der Waals surface area (Å²) in [7, 11) is 3.16. The van der Waals surface area contributed by atoms with Crippen LogP contribution in [0.15, 0.2) is 70.4 Å². The second-order valence-corrected chi connectivity index (χ2v) is 8.59. The van der Waals surface area contributed by atoms with E-state index in [1.807, 2.05) is 41.1 Å². The Labute approximate surface area is 196 Å². The van der Waals surface area contributed by atoms with E-state index in [4.69, 9.17) is 0 Å². The van der Waals surface area contributed by atoms with Gasteiger partial charge in [-0.3, -0.25) is 13.9 Å². The molecule has 0 fully saturated rings. The molecule has 0 spiro atoms. The van der Waals surface area contributed by atoms with E-state index >= 15 is 0 Å². The molecule has 3 heterocycles. The molecule has 0 aliphatic rings. The third kappa shape index (κ3) is 3.91. The first kappa shape index (κ1) is 21.8. The summed E-state index contributed by atoms with van der Waals surface area (Å²) in [4.78, 5) is 33.5. The van der Waals surface area contributed by atoms with E-state index < -0.39 is 0 Å². The molecule has 5 aromatic rings. The van der Waals surface area contributed by atoms with Crippen LogP contribution < -0.4 is 16.6 Å². The number of hydrogen-bond acceptors (Lipinski definition) is 4. The number of para-hydroxylation sites is 1. The van der Waals surface area contributed by atoms with E-state index in [0.717, 1.165) is 29.3 Å². The maximum Gasteiger partial charge on any atom is 0.332 e. The highest BCUT2D eigenvalue weighted by atomic mass is 16.2. The Bertz CT molecular complexity index is 1570. The van der Waals surface area contributed by atoms with Gasteiger partial charge >= 0.3 is 5.69 Å². The highest BCUT2D eigenvalue weighted by molar-refractivity contribution is 5.83. The van der Waals surface area contributed by atoms with Gasteiger partial charge in [-0.2, -0.15) is 4.98 Å². The predicted molar refractivity (Wildman–Crippen MR) is 135 cm³/mol. The number of aromatic nitrogens is 5. The van der Waals surface area contributed by atoms with Crippen molar-refractivity contribution in [2.45, 2.75) is 25.8 Å². The largest absolute Gasteiger partial charge is 0.361 e. The maximum atomic E-state index is 13.0. The molecular weight excluding hydrogens is 428 g/mol. The molecule has 2 N–H and O–H groups in total. The van der Waals surface area contributed by atoms with Gasteiger partial charge in [-0.1, -0.05) is 48.5 Å². The number of hydrogen-bond donors (Lipinski definition) is 2. The molecule has 5 rings (SSSR count). The van der Waals surface area contributed by atoms with Crippen molar-refractivity contribution in [2.24, 2.45) is 14.1 Å². The first-order valence-electron chi connectivity index (χ1n) is 11.5. The van der Waals surface area contributed by atoms with Crippen molar-refractivity contribution in [3.05, 3.63) is 92.8 Å². The van der Waals surface area contributed by atoms with Crippen molar-refractivity contribution in [3.63, 3.8) is 0 Å². The second kappa shape index (κ2) is 9.05. The van der Waals surface area contributed by atoms with Crippen molar-refractivity contribution in [3.8, 4) is 0 Å². The summed E-state index contributed by atoms with van der Waals surface area (Å²) in [6.45, 7) is 1.27. The topological polar surface area (TPSA) is 89.6 Å². The van der Waals surface area contributed by atoms with E-state index in [1.165, 1.54) is 28.1 Å². The van der Waals surface area contributed by atoms with Crippen molar-refractivity contribution in [2.75, 3.05) is 11.9 Å². The van der Waals surface area contributed by atoms with E-state index in [2.05, 4.69) is 39.6 Å².